The van der Waals surface area contributed by atoms with Gasteiger partial charge in [-0.25, -0.2) is 4.18 Å². The Morgan fingerprint density at radius 2 is 1.77 bits per heavy atom. The first kappa shape index (κ1) is 23.4. The van der Waals surface area contributed by atoms with Crippen molar-refractivity contribution in [1.82, 2.24) is 0 Å². The van der Waals surface area contributed by atoms with Crippen LogP contribution in [0.25, 0.3) is 0 Å². The molecule has 0 unspecified atom stereocenters. The Bertz CT molecular complexity index is 1000. The zero-order valence-electron chi connectivity index (χ0n) is 18.2. The molecule has 0 bridgehead atoms. The molecule has 1 N–H and O–H groups in total. The minimum absolute atomic E-state index is 0.0495. The summed E-state index contributed by atoms with van der Waals surface area (Å²) in [5.41, 5.74) is 1.19. The number of hydrogen-bond acceptors (Lipinski definition) is 7. The number of Topliss-reactive ketones (excluding diaryl/α,β-unsaturated/α-hetero) is 1. The molecule has 0 spiro atoms. The van der Waals surface area contributed by atoms with Gasteiger partial charge in [0, 0.05) is 5.92 Å². The van der Waals surface area contributed by atoms with Gasteiger partial charge in [-0.1, -0.05) is 25.5 Å². The fourth-order valence-electron chi connectivity index (χ4n) is 7.67. The summed E-state index contributed by atoms with van der Waals surface area (Å²) in [7, 11) is -10.0. The molecule has 0 amide bonds. The highest BCUT2D eigenvalue weighted by Crippen LogP contribution is 2.66. The molecule has 7 atom stereocenters. The lowest BCUT2D eigenvalue weighted by molar-refractivity contribution is -0.127. The van der Waals surface area contributed by atoms with Crippen molar-refractivity contribution in [2.24, 2.45) is 34.5 Å². The van der Waals surface area contributed by atoms with E-state index < -0.39 is 26.9 Å². The minimum Gasteiger partial charge on any atom is -0.300 e. The topological polar surface area (TPSA) is 124 Å². The first-order chi connectivity index (χ1) is 14.3. The van der Waals surface area contributed by atoms with Gasteiger partial charge in [-0.05, 0) is 86.9 Å². The standard InChI is InChI=1S/C21H32O8S2/c1-13(22)17-6-7-18-16-5-4-14-12-15(28-31(26,27)29-30(23,24)25)8-10-20(14,2)19(16)9-11-21(17,18)3/h4,15-19H,5-12H2,1-3H3,(H,23,24,25)/t15-,16-,17+,18-,19-,20-,21+/m0/s1. The average Bonchev–Trinajstić information content (AvgIpc) is 2.97. The summed E-state index contributed by atoms with van der Waals surface area (Å²) in [5.74, 6) is 2.03. The first-order valence-electron chi connectivity index (χ1n) is 11.1. The predicted octanol–water partition coefficient (Wildman–Crippen LogP) is 3.60. The smallest absolute Gasteiger partial charge is 0.300 e. The molecule has 0 heterocycles. The molecule has 0 aromatic rings. The van der Waals surface area contributed by atoms with E-state index in [4.69, 9.17) is 8.74 Å². The highest BCUT2D eigenvalue weighted by Gasteiger charge is 2.59. The van der Waals surface area contributed by atoms with Crippen LogP contribution in [0, 0.1) is 34.5 Å². The molecule has 10 heteroatoms. The molecule has 3 saturated carbocycles. The van der Waals surface area contributed by atoms with E-state index in [9.17, 15) is 21.6 Å². The lowest BCUT2D eigenvalue weighted by atomic mass is 9.47. The molecule has 3 fully saturated rings. The highest BCUT2D eigenvalue weighted by molar-refractivity contribution is 7.94. The number of ketones is 1. The third-order valence-electron chi connectivity index (χ3n) is 8.97. The van der Waals surface area contributed by atoms with Crippen LogP contribution in [-0.2, 0) is 33.4 Å². The number of carbonyl (C=O) groups is 1. The molecule has 176 valence electrons. The van der Waals surface area contributed by atoms with Crippen molar-refractivity contribution in [3.63, 3.8) is 0 Å². The van der Waals surface area contributed by atoms with Crippen molar-refractivity contribution in [2.45, 2.75) is 78.2 Å². The third-order valence-corrected chi connectivity index (χ3v) is 10.8. The number of allylic oxidation sites excluding steroid dienone is 1. The summed E-state index contributed by atoms with van der Waals surface area (Å²) < 4.78 is 62.4. The Kier molecular flexibility index (Phi) is 5.74. The summed E-state index contributed by atoms with van der Waals surface area (Å²) in [6, 6.07) is 0. The summed E-state index contributed by atoms with van der Waals surface area (Å²) in [5, 5.41) is 0. The largest absolute Gasteiger partial charge is 0.416 e. The number of fused-ring (bicyclic) bond motifs is 5. The predicted molar refractivity (Wildman–Crippen MR) is 112 cm³/mol. The van der Waals surface area contributed by atoms with Crippen molar-refractivity contribution in [2.75, 3.05) is 0 Å². The molecule has 4 aliphatic rings. The van der Waals surface area contributed by atoms with E-state index in [2.05, 4.69) is 23.6 Å². The molecular formula is C21H32O8S2. The van der Waals surface area contributed by atoms with Gasteiger partial charge in [-0.15, -0.1) is 3.63 Å². The molecule has 4 aliphatic carbocycles. The van der Waals surface area contributed by atoms with Crippen molar-refractivity contribution >= 4 is 26.6 Å². The summed E-state index contributed by atoms with van der Waals surface area (Å²) in [6.45, 7) is 6.29. The van der Waals surface area contributed by atoms with E-state index in [1.165, 1.54) is 0 Å². The van der Waals surface area contributed by atoms with Crippen LogP contribution in [0.3, 0.4) is 0 Å². The van der Waals surface area contributed by atoms with Gasteiger partial charge in [0.15, 0.2) is 0 Å². The van der Waals surface area contributed by atoms with E-state index in [-0.39, 0.29) is 16.7 Å². The monoisotopic (exact) mass is 476 g/mol. The molecule has 0 aromatic carbocycles. The van der Waals surface area contributed by atoms with Crippen LogP contribution < -0.4 is 0 Å². The van der Waals surface area contributed by atoms with Gasteiger partial charge in [0.1, 0.15) is 5.78 Å². The van der Waals surface area contributed by atoms with E-state index in [1.54, 1.807) is 6.92 Å². The Balaban J connectivity index is 1.52. The molecule has 4 rings (SSSR count). The number of carbonyl (C=O) groups excluding carboxylic acids is 1. The molecule has 8 nitrogen and oxygen atoms in total. The molecule has 0 aliphatic heterocycles. The van der Waals surface area contributed by atoms with Gasteiger partial charge in [-0.2, -0.15) is 16.8 Å². The van der Waals surface area contributed by atoms with Gasteiger partial charge in [-0.3, -0.25) is 9.35 Å². The van der Waals surface area contributed by atoms with Crippen LogP contribution in [0.2, 0.25) is 0 Å². The second-order valence-corrected chi connectivity index (χ2v) is 12.8. The first-order valence-corrected chi connectivity index (χ1v) is 13.8. The van der Waals surface area contributed by atoms with Crippen molar-refractivity contribution in [1.29, 1.82) is 0 Å². The van der Waals surface area contributed by atoms with Crippen LogP contribution in [0.4, 0.5) is 0 Å². The van der Waals surface area contributed by atoms with E-state index in [1.807, 2.05) is 0 Å². The van der Waals surface area contributed by atoms with Crippen LogP contribution >= 0.6 is 0 Å². The molecular weight excluding hydrogens is 444 g/mol. The van der Waals surface area contributed by atoms with Crippen molar-refractivity contribution < 1.29 is 34.0 Å². The third kappa shape index (κ3) is 4.14. The van der Waals surface area contributed by atoms with Crippen molar-refractivity contribution in [3.05, 3.63) is 11.6 Å². The molecule has 0 aromatic heterocycles. The maximum Gasteiger partial charge on any atom is 0.416 e. The Morgan fingerprint density at radius 1 is 1.06 bits per heavy atom. The Hall–Kier alpha value is -0.810. The van der Waals surface area contributed by atoms with Gasteiger partial charge in [0.2, 0.25) is 0 Å². The fraction of sp³-hybridized carbons (Fsp3) is 0.857. The molecule has 0 saturated heterocycles. The van der Waals surface area contributed by atoms with Gasteiger partial charge < -0.3 is 0 Å². The SMILES string of the molecule is CC(=O)[C@H]1CC[C@H]2[C@@H]3CC=C4C[C@@H](OS(=O)(=O)OS(=O)(=O)O)CC[C@]4(C)[C@H]3CC[C@]12C. The maximum atomic E-state index is 12.3. The van der Waals surface area contributed by atoms with Crippen LogP contribution in [0.15, 0.2) is 11.6 Å². The van der Waals surface area contributed by atoms with Crippen molar-refractivity contribution in [3.8, 4) is 0 Å². The average molecular weight is 477 g/mol. The van der Waals surface area contributed by atoms with Gasteiger partial charge >= 0.3 is 20.8 Å². The van der Waals surface area contributed by atoms with E-state index in [0.29, 0.717) is 36.4 Å². The molecule has 31 heavy (non-hydrogen) atoms. The number of hydrogen-bond donors (Lipinski definition) is 1. The summed E-state index contributed by atoms with van der Waals surface area (Å²) >= 11 is 0. The zero-order chi connectivity index (χ0) is 22.8. The van der Waals surface area contributed by atoms with Crippen LogP contribution in [-0.4, -0.2) is 33.3 Å². The van der Waals surface area contributed by atoms with Gasteiger partial charge in [0.05, 0.1) is 6.10 Å². The quantitative estimate of drug-likeness (QED) is 0.471. The normalized spacial score (nSPS) is 42.8. The lowest BCUT2D eigenvalue weighted by Gasteiger charge is -2.58. The highest BCUT2D eigenvalue weighted by atomic mass is 32.3. The molecule has 0 radical (unpaired) electrons. The number of rotatable bonds is 5. The Morgan fingerprint density at radius 3 is 2.42 bits per heavy atom. The second kappa shape index (κ2) is 7.62. The van der Waals surface area contributed by atoms with E-state index in [0.717, 1.165) is 44.1 Å². The van der Waals surface area contributed by atoms with Crippen LogP contribution in [0.5, 0.6) is 0 Å². The fourth-order valence-corrected chi connectivity index (χ4v) is 9.13. The summed E-state index contributed by atoms with van der Waals surface area (Å²) in [4.78, 5) is 12.3. The second-order valence-electron chi connectivity index (χ2n) is 10.4. The van der Waals surface area contributed by atoms with Crippen LogP contribution in [0.1, 0.15) is 72.1 Å². The minimum atomic E-state index is -5.16. The zero-order valence-corrected chi connectivity index (χ0v) is 19.9. The lowest BCUT2D eigenvalue weighted by Crippen LogP contribution is -2.51. The maximum absolute atomic E-state index is 12.3. The van der Waals surface area contributed by atoms with E-state index >= 15 is 0 Å². The Labute approximate surface area is 185 Å². The summed E-state index contributed by atoms with van der Waals surface area (Å²) in [6.07, 6.45) is 8.20. The van der Waals surface area contributed by atoms with Gasteiger partial charge in [0.25, 0.3) is 0 Å².